The van der Waals surface area contributed by atoms with E-state index < -0.39 is 0 Å². The maximum absolute atomic E-state index is 6.40. The first-order valence-corrected chi connectivity index (χ1v) is 11.5. The van der Waals surface area contributed by atoms with Gasteiger partial charge in [-0.05, 0) is 67.5 Å². The third kappa shape index (κ3) is 5.56. The van der Waals surface area contributed by atoms with Crippen LogP contribution in [0, 0.1) is 0 Å². The molecule has 4 nitrogen and oxygen atoms in total. The van der Waals surface area contributed by atoms with Crippen LogP contribution in [0.5, 0.6) is 0 Å². The molecule has 0 aromatic heterocycles. The Bertz CT molecular complexity index is 473. The summed E-state index contributed by atoms with van der Waals surface area (Å²) in [6, 6.07) is 0. The summed E-state index contributed by atoms with van der Waals surface area (Å²) >= 11 is 0. The zero-order valence-electron chi connectivity index (χ0n) is 20.0. The van der Waals surface area contributed by atoms with E-state index in [1.54, 1.807) is 0 Å². The summed E-state index contributed by atoms with van der Waals surface area (Å²) in [5.41, 5.74) is -1.18. The molecular formula is C22H44B2O4. The summed E-state index contributed by atoms with van der Waals surface area (Å²) in [5.74, 6) is 0.280. The van der Waals surface area contributed by atoms with E-state index in [0.29, 0.717) is 0 Å². The minimum absolute atomic E-state index is 0.195. The number of hydrogen-bond acceptors (Lipinski definition) is 4. The Morgan fingerprint density at radius 2 is 1.04 bits per heavy atom. The summed E-state index contributed by atoms with van der Waals surface area (Å²) < 4.78 is 25.4. The quantitative estimate of drug-likeness (QED) is 0.322. The van der Waals surface area contributed by atoms with Crippen molar-refractivity contribution in [1.82, 2.24) is 0 Å². The van der Waals surface area contributed by atoms with Crippen LogP contribution < -0.4 is 0 Å². The zero-order chi connectivity index (χ0) is 21.2. The Labute approximate surface area is 175 Å². The van der Waals surface area contributed by atoms with Gasteiger partial charge in [0.2, 0.25) is 0 Å². The summed E-state index contributed by atoms with van der Waals surface area (Å²) in [6.45, 7) is 19.2. The van der Waals surface area contributed by atoms with Crippen LogP contribution in [0.1, 0.15) is 107 Å². The third-order valence-electron chi connectivity index (χ3n) is 7.38. The molecule has 1 atom stereocenters. The van der Waals surface area contributed by atoms with E-state index in [1.807, 2.05) is 0 Å². The molecule has 0 amide bonds. The maximum Gasteiger partial charge on any atom is 0.460 e. The first-order chi connectivity index (χ1) is 12.8. The molecule has 2 heterocycles. The average molecular weight is 394 g/mol. The predicted octanol–water partition coefficient (Wildman–Crippen LogP) is 6.29. The minimum atomic E-state index is -0.299. The number of rotatable bonds is 10. The van der Waals surface area contributed by atoms with Crippen molar-refractivity contribution in [2.45, 2.75) is 142 Å². The van der Waals surface area contributed by atoms with E-state index in [1.165, 1.54) is 38.5 Å². The molecule has 0 spiro atoms. The van der Waals surface area contributed by atoms with Crippen molar-refractivity contribution < 1.29 is 18.6 Å². The standard InChI is InChI=1S/C22H44B2O4/c1-10-11-12-13-14-15-16-18(24-27-21(6,7)22(8,9)28-24)17-23-25-19(2,3)20(4,5)26-23/h18H,10-17H2,1-9H3. The SMILES string of the molecule is CCCCCCCCC(CB1OC(C)(C)C(C)(C)O1)B1OC(C)(C)C(C)(C)O1. The lowest BCUT2D eigenvalue weighted by Crippen LogP contribution is -2.41. The summed E-state index contributed by atoms with van der Waals surface area (Å²) in [7, 11) is -0.395. The van der Waals surface area contributed by atoms with Crippen LogP contribution in [-0.2, 0) is 18.6 Å². The fourth-order valence-corrected chi connectivity index (χ4v) is 3.94. The van der Waals surface area contributed by atoms with Gasteiger partial charge in [-0.15, -0.1) is 0 Å². The Morgan fingerprint density at radius 1 is 0.607 bits per heavy atom. The van der Waals surface area contributed by atoms with Crippen LogP contribution in [0.3, 0.4) is 0 Å². The maximum atomic E-state index is 6.40. The van der Waals surface area contributed by atoms with Gasteiger partial charge in [0.25, 0.3) is 0 Å². The molecule has 0 aromatic carbocycles. The Morgan fingerprint density at radius 3 is 1.54 bits per heavy atom. The van der Waals surface area contributed by atoms with Gasteiger partial charge in [-0.25, -0.2) is 0 Å². The second kappa shape index (κ2) is 8.99. The van der Waals surface area contributed by atoms with Crippen molar-refractivity contribution >= 4 is 14.2 Å². The lowest BCUT2D eigenvalue weighted by molar-refractivity contribution is 0.00578. The third-order valence-corrected chi connectivity index (χ3v) is 7.38. The van der Waals surface area contributed by atoms with E-state index >= 15 is 0 Å². The minimum Gasteiger partial charge on any atom is -0.403 e. The molecular weight excluding hydrogens is 350 g/mol. The Kier molecular flexibility index (Phi) is 7.79. The number of hydrogen-bond donors (Lipinski definition) is 0. The highest BCUT2D eigenvalue weighted by Crippen LogP contribution is 2.45. The molecule has 0 saturated carbocycles. The summed E-state index contributed by atoms with van der Waals surface area (Å²) in [6.07, 6.45) is 9.69. The van der Waals surface area contributed by atoms with Crippen molar-refractivity contribution in [3.8, 4) is 0 Å². The fraction of sp³-hybridized carbons (Fsp3) is 1.00. The van der Waals surface area contributed by atoms with Crippen LogP contribution >= 0.6 is 0 Å². The van der Waals surface area contributed by atoms with Gasteiger partial charge in [0.15, 0.2) is 0 Å². The van der Waals surface area contributed by atoms with Gasteiger partial charge in [-0.3, -0.25) is 0 Å². The second-order valence-corrected chi connectivity index (χ2v) is 10.9. The monoisotopic (exact) mass is 394 g/mol. The van der Waals surface area contributed by atoms with Gasteiger partial charge in [-0.2, -0.15) is 0 Å². The molecule has 2 saturated heterocycles. The van der Waals surface area contributed by atoms with Gasteiger partial charge in [0.05, 0.1) is 22.4 Å². The highest BCUT2D eigenvalue weighted by molar-refractivity contribution is 6.53. The highest BCUT2D eigenvalue weighted by atomic mass is 16.7. The van der Waals surface area contributed by atoms with Crippen LogP contribution in [0.15, 0.2) is 0 Å². The molecule has 162 valence electrons. The van der Waals surface area contributed by atoms with Gasteiger partial charge in [0.1, 0.15) is 0 Å². The normalized spacial score (nSPS) is 26.0. The largest absolute Gasteiger partial charge is 0.460 e. The molecule has 0 N–H and O–H groups in total. The lowest BCUT2D eigenvalue weighted by atomic mass is 9.59. The highest BCUT2D eigenvalue weighted by Gasteiger charge is 2.56. The van der Waals surface area contributed by atoms with Crippen molar-refractivity contribution in [3.63, 3.8) is 0 Å². The average Bonchev–Trinajstić information content (AvgIpc) is 2.88. The van der Waals surface area contributed by atoms with Crippen LogP contribution in [0.2, 0.25) is 12.1 Å². The molecule has 0 bridgehead atoms. The first-order valence-electron chi connectivity index (χ1n) is 11.5. The van der Waals surface area contributed by atoms with Crippen molar-refractivity contribution in [1.29, 1.82) is 0 Å². The molecule has 0 aromatic rings. The first kappa shape index (κ1) is 24.2. The van der Waals surface area contributed by atoms with Gasteiger partial charge in [0, 0.05) is 0 Å². The van der Waals surface area contributed by atoms with Gasteiger partial charge in [-0.1, -0.05) is 51.9 Å². The van der Waals surface area contributed by atoms with E-state index in [2.05, 4.69) is 62.3 Å². The smallest absolute Gasteiger partial charge is 0.403 e. The molecule has 2 rings (SSSR count). The van der Waals surface area contributed by atoms with Gasteiger partial charge >= 0.3 is 14.2 Å². The zero-order valence-corrected chi connectivity index (χ0v) is 20.0. The lowest BCUT2D eigenvalue weighted by Gasteiger charge is -2.32. The summed E-state index contributed by atoms with van der Waals surface area (Å²) in [5, 5.41) is 0. The molecule has 6 heteroatoms. The molecule has 2 fully saturated rings. The topological polar surface area (TPSA) is 36.9 Å². The fourth-order valence-electron chi connectivity index (χ4n) is 3.94. The van der Waals surface area contributed by atoms with Crippen LogP contribution in [0.4, 0.5) is 0 Å². The predicted molar refractivity (Wildman–Crippen MR) is 119 cm³/mol. The molecule has 0 aliphatic carbocycles. The Hall–Kier alpha value is -0.0301. The van der Waals surface area contributed by atoms with Crippen LogP contribution in [0.25, 0.3) is 0 Å². The van der Waals surface area contributed by atoms with E-state index in [-0.39, 0.29) is 42.5 Å². The van der Waals surface area contributed by atoms with Crippen molar-refractivity contribution in [2.24, 2.45) is 0 Å². The molecule has 0 radical (unpaired) electrons. The van der Waals surface area contributed by atoms with Crippen LogP contribution in [-0.4, -0.2) is 36.6 Å². The summed E-state index contributed by atoms with van der Waals surface area (Å²) in [4.78, 5) is 0. The molecule has 1 unspecified atom stereocenters. The van der Waals surface area contributed by atoms with Crippen molar-refractivity contribution in [2.75, 3.05) is 0 Å². The molecule has 28 heavy (non-hydrogen) atoms. The molecule has 2 aliphatic rings. The molecule has 2 aliphatic heterocycles. The van der Waals surface area contributed by atoms with E-state index in [0.717, 1.165) is 12.7 Å². The number of unbranched alkanes of at least 4 members (excludes halogenated alkanes) is 5. The van der Waals surface area contributed by atoms with E-state index in [4.69, 9.17) is 18.6 Å². The second-order valence-electron chi connectivity index (χ2n) is 10.9. The van der Waals surface area contributed by atoms with Crippen molar-refractivity contribution in [3.05, 3.63) is 0 Å². The van der Waals surface area contributed by atoms with Gasteiger partial charge < -0.3 is 18.6 Å². The Balaban J connectivity index is 1.99. The van der Waals surface area contributed by atoms with E-state index in [9.17, 15) is 0 Å².